The number of piperidine rings is 1. The van der Waals surface area contributed by atoms with Crippen molar-refractivity contribution in [3.05, 3.63) is 58.6 Å². The van der Waals surface area contributed by atoms with Gasteiger partial charge in [-0.25, -0.2) is 4.98 Å². The van der Waals surface area contributed by atoms with Gasteiger partial charge in [0, 0.05) is 18.0 Å². The smallest absolute Gasteiger partial charge is 0.251 e. The van der Waals surface area contributed by atoms with Gasteiger partial charge in [-0.15, -0.1) is 11.3 Å². The molecule has 0 atom stereocenters. The van der Waals surface area contributed by atoms with Crippen molar-refractivity contribution in [2.75, 3.05) is 27.2 Å². The number of amides is 1. The van der Waals surface area contributed by atoms with Crippen LogP contribution in [-0.4, -0.2) is 43.0 Å². The summed E-state index contributed by atoms with van der Waals surface area (Å²) >= 11 is 1.73. The molecular weight excluding hydrogens is 370 g/mol. The van der Waals surface area contributed by atoms with Crippen molar-refractivity contribution in [1.82, 2.24) is 15.2 Å². The molecule has 0 bridgehead atoms. The lowest BCUT2D eigenvalue weighted by atomic mass is 9.98. The van der Waals surface area contributed by atoms with Gasteiger partial charge in [0.2, 0.25) is 0 Å². The van der Waals surface area contributed by atoms with Crippen LogP contribution in [0.3, 0.4) is 0 Å². The number of nitrogens with one attached hydrogen (secondary N) is 1. The molecule has 0 saturated carbocycles. The van der Waals surface area contributed by atoms with Gasteiger partial charge in [0.15, 0.2) is 0 Å². The SMILES string of the molecule is COc1ccc(CNC(=O)c2ccc3nc(C4CCN(C)CC4)sc3c2)cc1. The Bertz CT molecular complexity index is 960. The first-order valence-corrected chi connectivity index (χ1v) is 10.4. The molecule has 0 aliphatic carbocycles. The Kier molecular flexibility index (Phi) is 5.59. The normalized spacial score (nSPS) is 15.6. The van der Waals surface area contributed by atoms with E-state index in [0.717, 1.165) is 47.5 Å². The van der Waals surface area contributed by atoms with Crippen LogP contribution in [0, 0.1) is 0 Å². The number of fused-ring (bicyclic) bond motifs is 1. The average Bonchev–Trinajstić information content (AvgIpc) is 3.16. The molecule has 1 amide bonds. The number of aromatic nitrogens is 1. The lowest BCUT2D eigenvalue weighted by molar-refractivity contribution is 0.0951. The Morgan fingerprint density at radius 3 is 2.68 bits per heavy atom. The summed E-state index contributed by atoms with van der Waals surface area (Å²) in [6.07, 6.45) is 2.32. The Hall–Kier alpha value is -2.44. The number of ether oxygens (including phenoxy) is 1. The van der Waals surface area contributed by atoms with Crippen LogP contribution >= 0.6 is 11.3 Å². The lowest BCUT2D eigenvalue weighted by Gasteiger charge is -2.27. The molecule has 0 unspecified atom stereocenters. The van der Waals surface area contributed by atoms with E-state index in [0.29, 0.717) is 18.0 Å². The van der Waals surface area contributed by atoms with Gasteiger partial charge in [-0.05, 0) is 68.9 Å². The molecule has 146 valence electrons. The first kappa shape index (κ1) is 18.9. The largest absolute Gasteiger partial charge is 0.497 e. The lowest BCUT2D eigenvalue weighted by Crippen LogP contribution is -2.29. The van der Waals surface area contributed by atoms with E-state index in [1.54, 1.807) is 18.4 Å². The molecule has 3 aromatic rings. The molecule has 1 aliphatic rings. The maximum Gasteiger partial charge on any atom is 0.251 e. The highest BCUT2D eigenvalue weighted by Crippen LogP contribution is 2.34. The van der Waals surface area contributed by atoms with Gasteiger partial charge in [-0.3, -0.25) is 4.79 Å². The number of hydrogen-bond acceptors (Lipinski definition) is 5. The van der Waals surface area contributed by atoms with Gasteiger partial charge in [-0.1, -0.05) is 12.1 Å². The molecule has 4 rings (SSSR count). The molecule has 1 fully saturated rings. The average molecular weight is 396 g/mol. The molecule has 0 spiro atoms. The van der Waals surface area contributed by atoms with Crippen LogP contribution in [0.25, 0.3) is 10.2 Å². The summed E-state index contributed by atoms with van der Waals surface area (Å²) in [6, 6.07) is 13.5. The predicted molar refractivity (Wildman–Crippen MR) is 113 cm³/mol. The van der Waals surface area contributed by atoms with E-state index in [-0.39, 0.29) is 5.91 Å². The van der Waals surface area contributed by atoms with E-state index in [4.69, 9.17) is 9.72 Å². The number of thiazole rings is 1. The summed E-state index contributed by atoms with van der Waals surface area (Å²) in [6.45, 7) is 2.74. The zero-order valence-corrected chi connectivity index (χ0v) is 17.1. The third-order valence-corrected chi connectivity index (χ3v) is 6.53. The minimum Gasteiger partial charge on any atom is -0.497 e. The van der Waals surface area contributed by atoms with Crippen LogP contribution in [0.2, 0.25) is 0 Å². The maximum absolute atomic E-state index is 12.6. The second-order valence-electron chi connectivity index (χ2n) is 7.34. The zero-order chi connectivity index (χ0) is 19.5. The molecule has 1 saturated heterocycles. The zero-order valence-electron chi connectivity index (χ0n) is 16.3. The van der Waals surface area contributed by atoms with Crippen LogP contribution in [0.15, 0.2) is 42.5 Å². The number of rotatable bonds is 5. The minimum atomic E-state index is -0.0630. The van der Waals surface area contributed by atoms with E-state index in [1.807, 2.05) is 42.5 Å². The van der Waals surface area contributed by atoms with Crippen LogP contribution in [0.4, 0.5) is 0 Å². The van der Waals surface area contributed by atoms with E-state index in [9.17, 15) is 4.79 Å². The van der Waals surface area contributed by atoms with Crippen LogP contribution in [0.1, 0.15) is 39.7 Å². The Labute approximate surface area is 169 Å². The summed E-state index contributed by atoms with van der Waals surface area (Å²) in [4.78, 5) is 19.8. The van der Waals surface area contributed by atoms with Crippen molar-refractivity contribution in [2.45, 2.75) is 25.3 Å². The molecule has 1 N–H and O–H groups in total. The van der Waals surface area contributed by atoms with E-state index >= 15 is 0 Å². The number of hydrogen-bond donors (Lipinski definition) is 1. The molecule has 1 aliphatic heterocycles. The third kappa shape index (κ3) is 4.18. The topological polar surface area (TPSA) is 54.5 Å². The summed E-state index contributed by atoms with van der Waals surface area (Å²) in [7, 11) is 3.82. The highest BCUT2D eigenvalue weighted by atomic mass is 32.1. The fraction of sp³-hybridized carbons (Fsp3) is 0.364. The Morgan fingerprint density at radius 2 is 1.96 bits per heavy atom. The summed E-state index contributed by atoms with van der Waals surface area (Å²) in [5, 5.41) is 4.20. The van der Waals surface area contributed by atoms with Crippen molar-refractivity contribution in [1.29, 1.82) is 0 Å². The monoisotopic (exact) mass is 395 g/mol. The standard InChI is InChI=1S/C22H25N3O2S/c1-25-11-9-16(10-12-25)22-24-19-8-5-17(13-20(19)28-22)21(26)23-14-15-3-6-18(27-2)7-4-15/h3-8,13,16H,9-12,14H2,1-2H3,(H,23,26). The first-order chi connectivity index (χ1) is 13.6. The summed E-state index contributed by atoms with van der Waals surface area (Å²) in [5.41, 5.74) is 2.71. The second kappa shape index (κ2) is 8.29. The van der Waals surface area contributed by atoms with E-state index in [2.05, 4.69) is 17.3 Å². The molecule has 5 nitrogen and oxygen atoms in total. The van der Waals surface area contributed by atoms with Gasteiger partial charge in [0.05, 0.1) is 22.3 Å². The van der Waals surface area contributed by atoms with Crippen molar-refractivity contribution >= 4 is 27.5 Å². The summed E-state index contributed by atoms with van der Waals surface area (Å²) in [5.74, 6) is 1.29. The second-order valence-corrected chi connectivity index (χ2v) is 8.41. The highest BCUT2D eigenvalue weighted by molar-refractivity contribution is 7.18. The van der Waals surface area contributed by atoms with Gasteiger partial charge < -0.3 is 15.0 Å². The molecule has 2 heterocycles. The molecule has 0 radical (unpaired) electrons. The quantitative estimate of drug-likeness (QED) is 0.708. The van der Waals surface area contributed by atoms with Crippen LogP contribution < -0.4 is 10.1 Å². The van der Waals surface area contributed by atoms with E-state index < -0.39 is 0 Å². The van der Waals surface area contributed by atoms with E-state index in [1.165, 1.54) is 5.01 Å². The molecular formula is C22H25N3O2S. The molecule has 6 heteroatoms. The minimum absolute atomic E-state index is 0.0630. The van der Waals surface area contributed by atoms with Crippen LogP contribution in [-0.2, 0) is 6.54 Å². The fourth-order valence-electron chi connectivity index (χ4n) is 3.54. The van der Waals surface area contributed by atoms with Gasteiger partial charge in [0.25, 0.3) is 5.91 Å². The third-order valence-electron chi connectivity index (χ3n) is 5.35. The van der Waals surface area contributed by atoms with Gasteiger partial charge in [-0.2, -0.15) is 0 Å². The number of methoxy groups -OCH3 is 1. The molecule has 1 aromatic heterocycles. The van der Waals surface area contributed by atoms with Crippen molar-refractivity contribution < 1.29 is 9.53 Å². The highest BCUT2D eigenvalue weighted by Gasteiger charge is 2.21. The number of carbonyl (C=O) groups is 1. The van der Waals surface area contributed by atoms with Crippen molar-refractivity contribution in [2.24, 2.45) is 0 Å². The Morgan fingerprint density at radius 1 is 1.21 bits per heavy atom. The van der Waals surface area contributed by atoms with Gasteiger partial charge >= 0.3 is 0 Å². The van der Waals surface area contributed by atoms with Crippen molar-refractivity contribution in [3.8, 4) is 5.75 Å². The van der Waals surface area contributed by atoms with Crippen LogP contribution in [0.5, 0.6) is 5.75 Å². The predicted octanol–water partition coefficient (Wildman–Crippen LogP) is 4.04. The van der Waals surface area contributed by atoms with Gasteiger partial charge in [0.1, 0.15) is 5.75 Å². The first-order valence-electron chi connectivity index (χ1n) is 9.62. The maximum atomic E-state index is 12.6. The number of benzene rings is 2. The number of carbonyl (C=O) groups excluding carboxylic acids is 1. The molecule has 2 aromatic carbocycles. The van der Waals surface area contributed by atoms with Crippen molar-refractivity contribution in [3.63, 3.8) is 0 Å². The number of likely N-dealkylation sites (tertiary alicyclic amines) is 1. The summed E-state index contributed by atoms with van der Waals surface area (Å²) < 4.78 is 6.25. The molecule has 28 heavy (non-hydrogen) atoms. The fourth-order valence-corrected chi connectivity index (χ4v) is 4.72. The number of nitrogens with zero attached hydrogens (tertiary/aromatic N) is 2. The Balaban J connectivity index is 1.43.